The smallest absolute Gasteiger partial charge is 0.464 e. The number of allylic oxidation sites excluding steroid dienone is 4. The summed E-state index contributed by atoms with van der Waals surface area (Å²) in [4.78, 5) is 107. The first-order valence-corrected chi connectivity index (χ1v) is 40.8. The lowest BCUT2D eigenvalue weighted by atomic mass is 10.1. The number of phosphoric acid groups is 5. The number of aromatic amines is 1. The molecule has 12 N–H and O–H groups in total. The van der Waals surface area contributed by atoms with Crippen molar-refractivity contribution in [1.29, 1.82) is 0 Å². The minimum Gasteiger partial charge on any atom is -0.464 e. The molecule has 93 heavy (non-hydrogen) atoms. The van der Waals surface area contributed by atoms with Gasteiger partial charge in [-0.1, -0.05) is 18.9 Å². The van der Waals surface area contributed by atoms with E-state index in [9.17, 15) is 119 Å². The molecule has 9 atom stereocenters. The number of aliphatic hydroxyl groups excluding tert-OH is 1. The Morgan fingerprint density at radius 2 is 1.29 bits per heavy atom. The van der Waals surface area contributed by atoms with E-state index in [1.54, 1.807) is 30.1 Å². The quantitative estimate of drug-likeness (QED) is 0.0113. The average Bonchev–Trinajstić information content (AvgIpc) is 1.82. The number of aromatic nitrogens is 2. The number of unbranched alkanes of at least 4 members (excludes halogenated alkanes) is 5. The number of hydrogen-bond donors (Lipinski definition) is 12. The standard InChI is InChI=1S/C44H72N5O35P5S4/c1-31-26-35(93(74,75)76)18-19-37(31)48(21-13-25-91(68,69)70)34(16-11-14-33(3)45-20-12-24-90(65,66)67)15-7-6-8-17-40(51)46-36(30-92(71,72)73)43(53)77-22-9-4-5-10-23-78-85(55,56)81-87(59,60)83-89(63,64)84-88(61,62)82-86(57,58)79-29-39-38(50)27-41(80-39)49-28-32(2)42(52)47-44(49)54/h11,14,16,18-19,26,28,36,38-39,41,50H,4-10,12-13,15,17,20-25,27,29-30H2,1-3H3,(H,46,51)(H,55,56)(H,57,58)(H,59,60)(H,61,62)(H,63,64)(H,47,52,54)(H,65,66,67)(H,68,69,70)(H,71,72,73)(H,74,75,76)/b14-11+,34-16+,45-33?/t36?,38-,39-,41-/m1/s1. The van der Waals surface area contributed by atoms with Gasteiger partial charge in [-0.05, 0) is 108 Å². The highest BCUT2D eigenvalue weighted by Gasteiger charge is 2.49. The zero-order valence-electron chi connectivity index (χ0n) is 49.4. The van der Waals surface area contributed by atoms with Gasteiger partial charge >= 0.3 is 50.8 Å². The van der Waals surface area contributed by atoms with Gasteiger partial charge < -0.3 is 49.3 Å². The van der Waals surface area contributed by atoms with Gasteiger partial charge in [0.2, 0.25) is 5.91 Å². The van der Waals surface area contributed by atoms with Crippen LogP contribution < -0.4 is 21.5 Å². The SMILES string of the molecule is CC(/C=C/C=C(\CCCCCC(=O)NC(CS(=O)(=O)O)C(=O)OCCCCCCOP(=O)(O)OP(=O)(O)OP(=O)(O)OP(=O)(O)OP(=O)(O)OC[C@H]1O[C@@H](n2cc(C)c(=O)[nH]c2=O)C[C@H]1O)N(CCCS(=O)(=O)O)c1ccc(S(=O)(=O)O)cc1C)=NCCCS(=O)(=O)O. The minimum absolute atomic E-state index is 0.0149. The summed E-state index contributed by atoms with van der Waals surface area (Å²) in [5.41, 5.74) is -0.0149. The number of phosphoric ester groups is 2. The Hall–Kier alpha value is -3.94. The van der Waals surface area contributed by atoms with Crippen LogP contribution in [0.15, 0.2) is 67.8 Å². The number of ether oxygens (including phenoxy) is 2. The van der Waals surface area contributed by atoms with E-state index in [-0.39, 0.29) is 89.3 Å². The second kappa shape index (κ2) is 36.1. The number of nitrogens with zero attached hydrogens (tertiary/aromatic N) is 3. The molecule has 3 rings (SSSR count). The molecule has 6 unspecified atom stereocenters. The lowest BCUT2D eigenvalue weighted by Crippen LogP contribution is -2.46. The van der Waals surface area contributed by atoms with E-state index in [1.807, 2.05) is 4.98 Å². The molecule has 0 radical (unpaired) electrons. The van der Waals surface area contributed by atoms with E-state index >= 15 is 0 Å². The highest BCUT2D eigenvalue weighted by Crippen LogP contribution is 2.74. The number of nitrogens with one attached hydrogen (secondary N) is 2. The van der Waals surface area contributed by atoms with Gasteiger partial charge in [0.25, 0.3) is 46.0 Å². The van der Waals surface area contributed by atoms with E-state index in [0.717, 1.165) is 16.8 Å². The summed E-state index contributed by atoms with van der Waals surface area (Å²) < 4.78 is 228. The van der Waals surface area contributed by atoms with Crippen LogP contribution in [-0.2, 0) is 109 Å². The van der Waals surface area contributed by atoms with Crippen LogP contribution in [-0.4, -0.2) is 177 Å². The van der Waals surface area contributed by atoms with Gasteiger partial charge in [-0.3, -0.25) is 51.4 Å². The molecule has 1 aromatic carbocycles. The molecule has 0 aliphatic carbocycles. The van der Waals surface area contributed by atoms with Crippen molar-refractivity contribution >= 4 is 103 Å². The van der Waals surface area contributed by atoms with Gasteiger partial charge in [0.15, 0.2) is 0 Å². The highest BCUT2D eigenvalue weighted by atomic mass is 32.2. The Kier molecular flexibility index (Phi) is 32.3. The molecule has 1 fully saturated rings. The first-order chi connectivity index (χ1) is 42.6. The molecule has 49 heteroatoms. The van der Waals surface area contributed by atoms with Crippen molar-refractivity contribution < 1.29 is 150 Å². The van der Waals surface area contributed by atoms with Crippen LogP contribution >= 0.6 is 39.1 Å². The summed E-state index contributed by atoms with van der Waals surface area (Å²) in [6.45, 7) is 2.15. The molecule has 0 spiro atoms. The number of aryl methyl sites for hydroxylation is 2. The number of carbonyl (C=O) groups is 2. The molecule has 0 saturated carbocycles. The summed E-state index contributed by atoms with van der Waals surface area (Å²) in [6, 6.07) is 1.74. The number of H-pyrrole nitrogens is 1. The fraction of sp³-hybridized carbons (Fsp3) is 0.614. The zero-order valence-corrected chi connectivity index (χ0v) is 57.1. The molecular weight excluding hydrogens is 1440 g/mol. The summed E-state index contributed by atoms with van der Waals surface area (Å²) in [5, 5.41) is 12.5. The maximum absolute atomic E-state index is 13.0. The number of rotatable bonds is 43. The Bertz CT molecular complexity index is 3880. The topological polar surface area (TPSA) is 615 Å². The summed E-state index contributed by atoms with van der Waals surface area (Å²) in [6.07, 6.45) is 1.65. The van der Waals surface area contributed by atoms with Crippen molar-refractivity contribution in [1.82, 2.24) is 14.9 Å². The van der Waals surface area contributed by atoms with Crippen LogP contribution in [0, 0.1) is 13.8 Å². The number of aliphatic imine (C=N–C) groups is 1. The lowest BCUT2D eigenvalue weighted by Gasteiger charge is -2.29. The summed E-state index contributed by atoms with van der Waals surface area (Å²) in [5.74, 6) is -4.63. The van der Waals surface area contributed by atoms with Gasteiger partial charge in [0.1, 0.15) is 24.1 Å². The number of anilines is 1. The monoisotopic (exact) mass is 1510 g/mol. The maximum atomic E-state index is 13.0. The second-order valence-electron chi connectivity index (χ2n) is 20.1. The number of benzene rings is 1. The van der Waals surface area contributed by atoms with E-state index in [1.165, 1.54) is 26.0 Å². The van der Waals surface area contributed by atoms with Crippen molar-refractivity contribution in [2.75, 3.05) is 55.1 Å². The van der Waals surface area contributed by atoms with Crippen molar-refractivity contribution in [3.63, 3.8) is 0 Å². The predicted molar refractivity (Wildman–Crippen MR) is 322 cm³/mol. The molecule has 2 aromatic rings. The van der Waals surface area contributed by atoms with Crippen molar-refractivity contribution in [3.05, 3.63) is 80.3 Å². The number of carbonyl (C=O) groups excluding carboxylic acids is 2. The molecule has 1 aliphatic rings. The van der Waals surface area contributed by atoms with E-state index in [2.05, 4.69) is 36.6 Å². The largest absolute Gasteiger partial charge is 0.490 e. The van der Waals surface area contributed by atoms with Gasteiger partial charge in [-0.25, -0.2) is 32.4 Å². The van der Waals surface area contributed by atoms with Crippen molar-refractivity contribution in [2.45, 2.75) is 127 Å². The molecule has 1 saturated heterocycles. The third-order valence-corrected chi connectivity index (χ3v) is 23.0. The fourth-order valence-corrected chi connectivity index (χ4v) is 16.7. The normalized spacial score (nSPS) is 19.8. The van der Waals surface area contributed by atoms with Crippen LogP contribution in [0.25, 0.3) is 0 Å². The number of amides is 1. The van der Waals surface area contributed by atoms with E-state index < -0.39 is 169 Å². The number of aliphatic hydroxyl groups is 1. The molecule has 2 heterocycles. The van der Waals surface area contributed by atoms with Gasteiger partial charge in [0, 0.05) is 54.8 Å². The average molecular weight is 1510 g/mol. The third-order valence-electron chi connectivity index (χ3n) is 12.2. The summed E-state index contributed by atoms with van der Waals surface area (Å²) >= 11 is 0. The Morgan fingerprint density at radius 1 is 0.742 bits per heavy atom. The minimum atomic E-state index is -6.46. The first-order valence-electron chi connectivity index (χ1n) is 27.1. The summed E-state index contributed by atoms with van der Waals surface area (Å²) in [7, 11) is -48.9. The van der Waals surface area contributed by atoms with Crippen molar-refractivity contribution in [3.8, 4) is 0 Å². The molecule has 1 amide bonds. The molecule has 532 valence electrons. The number of esters is 1. The highest BCUT2D eigenvalue weighted by molar-refractivity contribution is 7.86. The Morgan fingerprint density at radius 3 is 1.86 bits per heavy atom. The fourth-order valence-electron chi connectivity index (χ4n) is 8.12. The van der Waals surface area contributed by atoms with Crippen LogP contribution in [0.4, 0.5) is 5.69 Å². The van der Waals surface area contributed by atoms with E-state index in [0.29, 0.717) is 29.1 Å². The molecule has 1 aromatic heterocycles. The number of hydrogen-bond acceptors (Lipinski definition) is 28. The van der Waals surface area contributed by atoms with Gasteiger partial charge in [-0.2, -0.15) is 50.9 Å². The van der Waals surface area contributed by atoms with Crippen LogP contribution in [0.2, 0.25) is 0 Å². The van der Waals surface area contributed by atoms with E-state index in [4.69, 9.17) is 14.0 Å². The zero-order chi connectivity index (χ0) is 70.6. The van der Waals surface area contributed by atoms with Crippen molar-refractivity contribution in [2.24, 2.45) is 4.99 Å². The molecular formula is C44H72N5O35P5S4. The predicted octanol–water partition coefficient (Wildman–Crippen LogP) is 3.04. The Balaban J connectivity index is 1.50. The Labute approximate surface area is 532 Å². The first kappa shape index (κ1) is 83.3. The molecule has 1 aliphatic heterocycles. The van der Waals surface area contributed by atoms with Crippen LogP contribution in [0.1, 0.15) is 101 Å². The second-order valence-corrected chi connectivity index (χ2v) is 34.0. The van der Waals surface area contributed by atoms with Gasteiger partial charge in [0.05, 0.1) is 42.3 Å². The molecule has 40 nitrogen and oxygen atoms in total. The molecule has 0 bridgehead atoms. The van der Waals surface area contributed by atoms with Crippen LogP contribution in [0.5, 0.6) is 0 Å². The maximum Gasteiger partial charge on any atom is 0.490 e. The van der Waals surface area contributed by atoms with Crippen LogP contribution in [0.3, 0.4) is 0 Å². The van der Waals surface area contributed by atoms with Gasteiger partial charge in [-0.15, -0.1) is 0 Å². The lowest BCUT2D eigenvalue weighted by molar-refractivity contribution is -0.147. The third kappa shape index (κ3) is 33.7.